The van der Waals surface area contributed by atoms with Crippen LogP contribution in [-0.4, -0.2) is 58.4 Å². The van der Waals surface area contributed by atoms with Crippen molar-refractivity contribution in [3.8, 4) is 5.75 Å². The summed E-state index contributed by atoms with van der Waals surface area (Å²) in [6.07, 6.45) is 8.44. The van der Waals surface area contributed by atoms with Crippen LogP contribution in [0.2, 0.25) is 0 Å². The van der Waals surface area contributed by atoms with Gasteiger partial charge in [0, 0.05) is 37.8 Å². The van der Waals surface area contributed by atoms with Crippen LogP contribution in [0.5, 0.6) is 5.75 Å². The second kappa shape index (κ2) is 8.34. The first-order valence-corrected chi connectivity index (χ1v) is 10.8. The van der Waals surface area contributed by atoms with E-state index >= 15 is 0 Å². The molecular formula is C22H26FN7O2. The zero-order valence-electron chi connectivity index (χ0n) is 18.1. The van der Waals surface area contributed by atoms with Crippen LogP contribution in [-0.2, 0) is 7.05 Å². The zero-order valence-corrected chi connectivity index (χ0v) is 18.1. The number of nitrogens with zero attached hydrogens (tertiary/aromatic N) is 5. The Kier molecular flexibility index (Phi) is 5.38. The number of rotatable bonds is 7. The summed E-state index contributed by atoms with van der Waals surface area (Å²) in [5, 5.41) is 10.9. The van der Waals surface area contributed by atoms with E-state index in [0.29, 0.717) is 17.3 Å². The SMILES string of the molecule is COc1c(NC(=O)c2cnc(N3CCC(CNC4CC4)C3)cn2)cc2cn(C)nc2c1F. The summed E-state index contributed by atoms with van der Waals surface area (Å²) < 4.78 is 21.5. The molecule has 1 aliphatic carbocycles. The van der Waals surface area contributed by atoms with E-state index in [2.05, 4.69) is 30.6 Å². The number of carbonyl (C=O) groups is 1. The van der Waals surface area contributed by atoms with Crippen molar-refractivity contribution in [1.82, 2.24) is 25.1 Å². The van der Waals surface area contributed by atoms with Gasteiger partial charge < -0.3 is 20.3 Å². The summed E-state index contributed by atoms with van der Waals surface area (Å²) in [6.45, 7) is 2.90. The Labute approximate surface area is 185 Å². The summed E-state index contributed by atoms with van der Waals surface area (Å²) in [5.74, 6) is 0.179. The third kappa shape index (κ3) is 4.10. The van der Waals surface area contributed by atoms with Crippen LogP contribution in [0.4, 0.5) is 15.9 Å². The quantitative estimate of drug-likeness (QED) is 0.583. The minimum Gasteiger partial charge on any atom is -0.491 e. The fourth-order valence-corrected chi connectivity index (χ4v) is 4.14. The van der Waals surface area contributed by atoms with Gasteiger partial charge in [-0.05, 0) is 37.8 Å². The lowest BCUT2D eigenvalue weighted by atomic mass is 10.1. The van der Waals surface area contributed by atoms with Crippen molar-refractivity contribution in [3.63, 3.8) is 0 Å². The van der Waals surface area contributed by atoms with Gasteiger partial charge >= 0.3 is 0 Å². The smallest absolute Gasteiger partial charge is 0.275 e. The van der Waals surface area contributed by atoms with Gasteiger partial charge in [-0.3, -0.25) is 9.48 Å². The number of amides is 1. The molecule has 1 aromatic carbocycles. The molecule has 2 N–H and O–H groups in total. The van der Waals surface area contributed by atoms with Gasteiger partial charge in [0.25, 0.3) is 5.91 Å². The van der Waals surface area contributed by atoms with Crippen LogP contribution in [0.15, 0.2) is 24.7 Å². The van der Waals surface area contributed by atoms with Gasteiger partial charge in [0.05, 0.1) is 25.2 Å². The van der Waals surface area contributed by atoms with Gasteiger partial charge in [-0.2, -0.15) is 5.10 Å². The lowest BCUT2D eigenvalue weighted by Gasteiger charge is -2.17. The Bertz CT molecular complexity index is 1140. The molecule has 1 atom stereocenters. The van der Waals surface area contributed by atoms with Crippen molar-refractivity contribution < 1.29 is 13.9 Å². The number of aryl methyl sites for hydroxylation is 1. The van der Waals surface area contributed by atoms with Crippen molar-refractivity contribution in [2.24, 2.45) is 13.0 Å². The maximum Gasteiger partial charge on any atom is 0.275 e. The van der Waals surface area contributed by atoms with Crippen LogP contribution in [0.25, 0.3) is 10.9 Å². The molecule has 1 unspecified atom stereocenters. The minimum atomic E-state index is -0.623. The Morgan fingerprint density at radius 1 is 1.28 bits per heavy atom. The normalized spacial score (nSPS) is 18.3. The maximum absolute atomic E-state index is 14.8. The van der Waals surface area contributed by atoms with Gasteiger partial charge in [0.2, 0.25) is 0 Å². The third-order valence-electron chi connectivity index (χ3n) is 6.01. The molecule has 2 aliphatic rings. The van der Waals surface area contributed by atoms with Gasteiger partial charge in [0.1, 0.15) is 17.0 Å². The molecule has 0 radical (unpaired) electrons. The van der Waals surface area contributed by atoms with Gasteiger partial charge in [-0.25, -0.2) is 14.4 Å². The van der Waals surface area contributed by atoms with Crippen LogP contribution >= 0.6 is 0 Å². The van der Waals surface area contributed by atoms with E-state index in [9.17, 15) is 9.18 Å². The largest absolute Gasteiger partial charge is 0.491 e. The molecule has 1 amide bonds. The number of aromatic nitrogens is 4. The molecule has 1 aliphatic heterocycles. The van der Waals surface area contributed by atoms with Gasteiger partial charge in [-0.1, -0.05) is 0 Å². The molecule has 2 aromatic heterocycles. The van der Waals surface area contributed by atoms with E-state index < -0.39 is 11.7 Å². The highest BCUT2D eigenvalue weighted by molar-refractivity contribution is 6.05. The molecule has 10 heteroatoms. The summed E-state index contributed by atoms with van der Waals surface area (Å²) in [5.41, 5.74) is 0.545. The molecular weight excluding hydrogens is 413 g/mol. The Hall–Kier alpha value is -3.27. The zero-order chi connectivity index (χ0) is 22.2. The number of methoxy groups -OCH3 is 1. The number of benzene rings is 1. The summed E-state index contributed by atoms with van der Waals surface area (Å²) in [4.78, 5) is 23.7. The molecule has 0 spiro atoms. The lowest BCUT2D eigenvalue weighted by Crippen LogP contribution is -2.28. The number of anilines is 2. The van der Waals surface area contributed by atoms with Crippen molar-refractivity contribution in [2.75, 3.05) is 37.0 Å². The summed E-state index contributed by atoms with van der Waals surface area (Å²) in [6, 6.07) is 2.34. The van der Waals surface area contributed by atoms with E-state index in [1.807, 2.05) is 0 Å². The van der Waals surface area contributed by atoms with E-state index in [0.717, 1.165) is 31.9 Å². The number of ether oxygens (including phenoxy) is 1. The molecule has 0 bridgehead atoms. The molecule has 2 fully saturated rings. The van der Waals surface area contributed by atoms with Crippen LogP contribution < -0.4 is 20.3 Å². The second-order valence-electron chi connectivity index (χ2n) is 8.51. The van der Waals surface area contributed by atoms with Gasteiger partial charge in [0.15, 0.2) is 11.6 Å². The number of carbonyl (C=O) groups excluding carboxylic acids is 1. The maximum atomic E-state index is 14.8. The standard InChI is InChI=1S/C22H26FN7O2/c1-29-12-14-7-16(21(32-2)19(23)20(14)28-29)27-22(31)17-9-26-18(10-25-17)30-6-5-13(11-30)8-24-15-3-4-15/h7,9-10,12-13,15,24H,3-6,8,11H2,1-2H3,(H,27,31). The fourth-order valence-electron chi connectivity index (χ4n) is 4.14. The van der Waals surface area contributed by atoms with Crippen molar-refractivity contribution in [2.45, 2.75) is 25.3 Å². The molecule has 5 rings (SSSR count). The fraction of sp³-hybridized carbons (Fsp3) is 0.455. The first-order chi connectivity index (χ1) is 15.5. The average Bonchev–Trinajstić information content (AvgIpc) is 3.36. The number of nitrogens with one attached hydrogen (secondary N) is 2. The lowest BCUT2D eigenvalue weighted by molar-refractivity contribution is 0.102. The molecule has 3 heterocycles. The number of halogens is 1. The topological polar surface area (TPSA) is 97.2 Å². The van der Waals surface area contributed by atoms with Crippen molar-refractivity contribution in [3.05, 3.63) is 36.2 Å². The predicted molar refractivity (Wildman–Crippen MR) is 119 cm³/mol. The number of hydrogen-bond acceptors (Lipinski definition) is 7. The van der Waals surface area contributed by atoms with Gasteiger partial charge in [-0.15, -0.1) is 0 Å². The molecule has 32 heavy (non-hydrogen) atoms. The summed E-state index contributed by atoms with van der Waals surface area (Å²) >= 11 is 0. The van der Waals surface area contributed by atoms with E-state index in [1.54, 1.807) is 25.5 Å². The first kappa shape index (κ1) is 20.6. The van der Waals surface area contributed by atoms with E-state index in [1.165, 1.54) is 30.8 Å². The number of hydrogen-bond donors (Lipinski definition) is 2. The number of fused-ring (bicyclic) bond motifs is 1. The Morgan fingerprint density at radius 3 is 2.84 bits per heavy atom. The second-order valence-corrected chi connectivity index (χ2v) is 8.51. The Morgan fingerprint density at radius 2 is 2.12 bits per heavy atom. The Balaban J connectivity index is 1.27. The highest BCUT2D eigenvalue weighted by Gasteiger charge is 2.27. The van der Waals surface area contributed by atoms with Crippen LogP contribution in [0.3, 0.4) is 0 Å². The molecule has 1 saturated carbocycles. The monoisotopic (exact) mass is 439 g/mol. The van der Waals surface area contributed by atoms with E-state index in [-0.39, 0.29) is 22.6 Å². The first-order valence-electron chi connectivity index (χ1n) is 10.8. The molecule has 1 saturated heterocycles. The van der Waals surface area contributed by atoms with Crippen molar-refractivity contribution >= 4 is 28.3 Å². The molecule has 168 valence electrons. The summed E-state index contributed by atoms with van der Waals surface area (Å²) in [7, 11) is 3.05. The highest BCUT2D eigenvalue weighted by Crippen LogP contribution is 2.34. The van der Waals surface area contributed by atoms with Crippen LogP contribution in [0, 0.1) is 11.7 Å². The third-order valence-corrected chi connectivity index (χ3v) is 6.01. The predicted octanol–water partition coefficient (Wildman–Crippen LogP) is 2.34. The minimum absolute atomic E-state index is 0.0722. The van der Waals surface area contributed by atoms with Crippen molar-refractivity contribution in [1.29, 1.82) is 0 Å². The molecule has 3 aromatic rings. The van der Waals surface area contributed by atoms with Crippen LogP contribution in [0.1, 0.15) is 29.8 Å². The molecule has 9 nitrogen and oxygen atoms in total. The van der Waals surface area contributed by atoms with E-state index in [4.69, 9.17) is 4.74 Å². The average molecular weight is 439 g/mol. The highest BCUT2D eigenvalue weighted by atomic mass is 19.1.